The van der Waals surface area contributed by atoms with Crippen molar-refractivity contribution in [3.8, 4) is 0 Å². The van der Waals surface area contributed by atoms with Crippen LogP contribution in [-0.2, 0) is 15.0 Å². The van der Waals surface area contributed by atoms with Gasteiger partial charge in [-0.05, 0) is 35.2 Å². The van der Waals surface area contributed by atoms with Gasteiger partial charge in [-0.25, -0.2) is 4.39 Å². The molecule has 4 nitrogen and oxygen atoms in total. The highest BCUT2D eigenvalue weighted by atomic mass is 35.5. The lowest BCUT2D eigenvalue weighted by molar-refractivity contribution is -0.117. The summed E-state index contributed by atoms with van der Waals surface area (Å²) >= 11 is 5.73. The number of carbonyl (C=O) groups excluding carboxylic acids is 2. The quantitative estimate of drug-likeness (QED) is 0.766. The summed E-state index contributed by atoms with van der Waals surface area (Å²) in [6.45, 7) is 7.96. The Morgan fingerprint density at radius 1 is 1.15 bits per heavy atom. The van der Waals surface area contributed by atoms with E-state index < -0.39 is 5.82 Å². The topological polar surface area (TPSA) is 49.4 Å². The number of hydrogen-bond acceptors (Lipinski definition) is 2. The summed E-state index contributed by atoms with van der Waals surface area (Å²) in [5.41, 5.74) is 2.11. The van der Waals surface area contributed by atoms with Crippen LogP contribution in [0.1, 0.15) is 39.7 Å². The number of halogens is 2. The molecule has 0 bridgehead atoms. The third-order valence-corrected chi connectivity index (χ3v) is 4.44. The number of para-hydroxylation sites is 1. The van der Waals surface area contributed by atoms with Crippen LogP contribution in [0.4, 0.5) is 15.8 Å². The van der Waals surface area contributed by atoms with E-state index in [0.717, 1.165) is 11.3 Å². The first-order valence-electron chi connectivity index (χ1n) is 8.72. The van der Waals surface area contributed by atoms with Gasteiger partial charge in [-0.15, -0.1) is 0 Å². The van der Waals surface area contributed by atoms with Crippen molar-refractivity contribution in [2.24, 2.45) is 0 Å². The summed E-state index contributed by atoms with van der Waals surface area (Å²) in [4.78, 5) is 26.1. The molecule has 1 N–H and O–H groups in total. The molecule has 2 rings (SSSR count). The largest absolute Gasteiger partial charge is 0.326 e. The summed E-state index contributed by atoms with van der Waals surface area (Å²) in [6, 6.07) is 11.7. The molecule has 0 radical (unpaired) electrons. The fraction of sp³-hybridized carbons (Fsp3) is 0.333. The molecule has 0 atom stereocenters. The van der Waals surface area contributed by atoms with Crippen molar-refractivity contribution in [2.45, 2.75) is 39.5 Å². The van der Waals surface area contributed by atoms with Crippen LogP contribution in [-0.4, -0.2) is 18.4 Å². The van der Waals surface area contributed by atoms with Crippen LogP contribution in [0, 0.1) is 5.82 Å². The molecule has 2 aromatic rings. The number of rotatable bonds is 5. The maximum absolute atomic E-state index is 13.2. The zero-order valence-corrected chi connectivity index (χ0v) is 16.7. The van der Waals surface area contributed by atoms with E-state index in [4.69, 9.17) is 11.6 Å². The third-order valence-electron chi connectivity index (χ3n) is 4.15. The van der Waals surface area contributed by atoms with Crippen molar-refractivity contribution >= 4 is 34.8 Å². The molecule has 0 saturated carbocycles. The number of hydrogen-bond donors (Lipinski definition) is 1. The van der Waals surface area contributed by atoms with Crippen LogP contribution in [0.3, 0.4) is 0 Å². The molecule has 0 fully saturated rings. The Hall–Kier alpha value is -2.40. The van der Waals surface area contributed by atoms with Gasteiger partial charge >= 0.3 is 0 Å². The van der Waals surface area contributed by atoms with Crippen molar-refractivity contribution in [3.63, 3.8) is 0 Å². The van der Waals surface area contributed by atoms with Gasteiger partial charge in [0.25, 0.3) is 0 Å². The van der Waals surface area contributed by atoms with Crippen LogP contribution < -0.4 is 10.2 Å². The molecule has 0 unspecified atom stereocenters. The highest BCUT2D eigenvalue weighted by Crippen LogP contribution is 2.32. The van der Waals surface area contributed by atoms with Crippen molar-refractivity contribution < 1.29 is 14.0 Å². The second-order valence-corrected chi connectivity index (χ2v) is 7.77. The maximum atomic E-state index is 13.2. The van der Waals surface area contributed by atoms with Crippen LogP contribution in [0.2, 0.25) is 5.02 Å². The SMILES string of the molecule is CC(=O)N(CCC(=O)Nc1ccc(F)c(Cl)c1)c1ccccc1C(C)(C)C. The van der Waals surface area contributed by atoms with Gasteiger partial charge in [-0.1, -0.05) is 50.6 Å². The molecule has 0 aliphatic carbocycles. The lowest BCUT2D eigenvalue weighted by Gasteiger charge is -2.29. The minimum atomic E-state index is -0.545. The zero-order valence-electron chi connectivity index (χ0n) is 16.0. The van der Waals surface area contributed by atoms with E-state index >= 15 is 0 Å². The van der Waals surface area contributed by atoms with Gasteiger partial charge < -0.3 is 10.2 Å². The highest BCUT2D eigenvalue weighted by Gasteiger charge is 2.23. The minimum Gasteiger partial charge on any atom is -0.326 e. The molecular formula is C21H24ClFN2O2. The predicted molar refractivity (Wildman–Crippen MR) is 108 cm³/mol. The first-order valence-corrected chi connectivity index (χ1v) is 9.10. The van der Waals surface area contributed by atoms with Gasteiger partial charge in [0, 0.05) is 31.3 Å². The number of nitrogens with one attached hydrogen (secondary N) is 1. The maximum Gasteiger partial charge on any atom is 0.226 e. The summed E-state index contributed by atoms with van der Waals surface area (Å²) in [6.07, 6.45) is 0.104. The molecule has 27 heavy (non-hydrogen) atoms. The average Bonchev–Trinajstić information content (AvgIpc) is 2.57. The Morgan fingerprint density at radius 3 is 2.41 bits per heavy atom. The Bertz CT molecular complexity index is 846. The van der Waals surface area contributed by atoms with E-state index in [1.807, 2.05) is 24.3 Å². The van der Waals surface area contributed by atoms with Crippen molar-refractivity contribution in [3.05, 3.63) is 58.9 Å². The van der Waals surface area contributed by atoms with Gasteiger partial charge in [0.05, 0.1) is 5.02 Å². The van der Waals surface area contributed by atoms with E-state index in [-0.39, 0.29) is 35.2 Å². The molecule has 0 aliphatic heterocycles. The molecule has 0 heterocycles. The lowest BCUT2D eigenvalue weighted by Crippen LogP contribution is -2.34. The monoisotopic (exact) mass is 390 g/mol. The fourth-order valence-corrected chi connectivity index (χ4v) is 2.98. The minimum absolute atomic E-state index is 0.0581. The normalized spacial score (nSPS) is 11.2. The Labute approximate surface area is 164 Å². The number of nitrogens with zero attached hydrogens (tertiary/aromatic N) is 1. The van der Waals surface area contributed by atoms with E-state index in [1.54, 1.807) is 4.90 Å². The summed E-state index contributed by atoms with van der Waals surface area (Å²) in [5.74, 6) is -0.960. The van der Waals surface area contributed by atoms with Crippen molar-refractivity contribution in [2.75, 3.05) is 16.8 Å². The highest BCUT2D eigenvalue weighted by molar-refractivity contribution is 6.31. The molecule has 144 valence electrons. The van der Waals surface area contributed by atoms with Gasteiger partial charge in [-0.2, -0.15) is 0 Å². The molecule has 0 saturated heterocycles. The standard InChI is InChI=1S/C21H24ClFN2O2/c1-14(26)25(19-8-6-5-7-16(19)21(2,3)4)12-11-20(27)24-15-9-10-18(23)17(22)13-15/h5-10,13H,11-12H2,1-4H3,(H,24,27). The van der Waals surface area contributed by atoms with Crippen LogP contribution in [0.15, 0.2) is 42.5 Å². The predicted octanol–water partition coefficient (Wildman–Crippen LogP) is 5.16. The number of benzene rings is 2. The number of carbonyl (C=O) groups is 2. The molecule has 2 aromatic carbocycles. The second kappa shape index (κ2) is 8.53. The summed E-state index contributed by atoms with van der Waals surface area (Å²) in [7, 11) is 0. The Morgan fingerprint density at radius 2 is 1.81 bits per heavy atom. The Balaban J connectivity index is 2.12. The van der Waals surface area contributed by atoms with Crippen molar-refractivity contribution in [1.29, 1.82) is 0 Å². The smallest absolute Gasteiger partial charge is 0.226 e. The molecule has 6 heteroatoms. The van der Waals surface area contributed by atoms with Crippen LogP contribution in [0.5, 0.6) is 0 Å². The van der Waals surface area contributed by atoms with Gasteiger partial charge in [0.15, 0.2) is 0 Å². The van der Waals surface area contributed by atoms with Crippen molar-refractivity contribution in [1.82, 2.24) is 0 Å². The third kappa shape index (κ3) is 5.54. The van der Waals surface area contributed by atoms with E-state index in [2.05, 4.69) is 26.1 Å². The summed E-state index contributed by atoms with van der Waals surface area (Å²) in [5, 5.41) is 2.61. The van der Waals surface area contributed by atoms with E-state index in [9.17, 15) is 14.0 Å². The average molecular weight is 391 g/mol. The molecule has 0 aromatic heterocycles. The lowest BCUT2D eigenvalue weighted by atomic mass is 9.85. The number of amides is 2. The molecule has 0 spiro atoms. The van der Waals surface area contributed by atoms with Gasteiger partial charge in [0.2, 0.25) is 11.8 Å². The molecular weight excluding hydrogens is 367 g/mol. The Kier molecular flexibility index (Phi) is 6.60. The first-order chi connectivity index (χ1) is 12.6. The summed E-state index contributed by atoms with van der Waals surface area (Å²) < 4.78 is 13.2. The van der Waals surface area contributed by atoms with E-state index in [0.29, 0.717) is 5.69 Å². The second-order valence-electron chi connectivity index (χ2n) is 7.36. The van der Waals surface area contributed by atoms with E-state index in [1.165, 1.54) is 25.1 Å². The molecule has 0 aliphatic rings. The van der Waals surface area contributed by atoms with Crippen LogP contribution >= 0.6 is 11.6 Å². The van der Waals surface area contributed by atoms with Gasteiger partial charge in [0.1, 0.15) is 5.82 Å². The van der Waals surface area contributed by atoms with Gasteiger partial charge in [-0.3, -0.25) is 9.59 Å². The van der Waals surface area contributed by atoms with Crippen LogP contribution in [0.25, 0.3) is 0 Å². The first kappa shape index (κ1) is 20.9. The number of anilines is 2. The fourth-order valence-electron chi connectivity index (χ4n) is 2.80. The molecule has 2 amide bonds. The zero-order chi connectivity index (χ0) is 20.2.